The topological polar surface area (TPSA) is 43.8 Å². The molecule has 0 saturated carbocycles. The zero-order chi connectivity index (χ0) is 9.26. The van der Waals surface area contributed by atoms with Gasteiger partial charge >= 0.3 is 0 Å². The zero-order valence-corrected chi connectivity index (χ0v) is 7.83. The third-order valence-corrected chi connectivity index (χ3v) is 2.30. The normalized spacial score (nSPS) is 10.9. The van der Waals surface area contributed by atoms with Crippen LogP contribution in [0.5, 0.6) is 0 Å². The molecule has 1 aromatic carbocycles. The number of hydrogen-bond donors (Lipinski definition) is 1. The second-order valence-electron chi connectivity index (χ2n) is 2.83. The Morgan fingerprint density at radius 1 is 1.46 bits per heavy atom. The van der Waals surface area contributed by atoms with Crippen molar-refractivity contribution in [1.29, 1.82) is 0 Å². The first-order valence-electron chi connectivity index (χ1n) is 4.13. The van der Waals surface area contributed by atoms with Gasteiger partial charge in [0.1, 0.15) is 0 Å². The summed E-state index contributed by atoms with van der Waals surface area (Å²) in [6, 6.07) is 5.77. The number of rotatable bonds is 2. The van der Waals surface area contributed by atoms with E-state index in [4.69, 9.17) is 17.3 Å². The lowest BCUT2D eigenvalue weighted by Crippen LogP contribution is -2.10. The molecular weight excluding hydrogens is 186 g/mol. The second-order valence-corrected chi connectivity index (χ2v) is 3.24. The molecule has 0 amide bonds. The summed E-state index contributed by atoms with van der Waals surface area (Å²) in [6.07, 6.45) is 1.77. The molecule has 0 fully saturated rings. The van der Waals surface area contributed by atoms with Gasteiger partial charge in [-0.25, -0.2) is 0 Å². The van der Waals surface area contributed by atoms with Gasteiger partial charge in [-0.3, -0.25) is 4.68 Å². The fourth-order valence-electron chi connectivity index (χ4n) is 1.37. The Balaban J connectivity index is 2.61. The number of hydrogen-bond acceptors (Lipinski definition) is 2. The Morgan fingerprint density at radius 2 is 2.31 bits per heavy atom. The number of halogens is 1. The van der Waals surface area contributed by atoms with E-state index in [1.807, 2.05) is 22.9 Å². The van der Waals surface area contributed by atoms with Crippen LogP contribution in [-0.2, 0) is 6.54 Å². The summed E-state index contributed by atoms with van der Waals surface area (Å²) in [7, 11) is 0. The molecule has 0 bridgehead atoms. The summed E-state index contributed by atoms with van der Waals surface area (Å²) < 4.78 is 1.86. The highest BCUT2D eigenvalue weighted by atomic mass is 35.5. The smallest absolute Gasteiger partial charge is 0.0698 e. The van der Waals surface area contributed by atoms with Gasteiger partial charge in [-0.05, 0) is 12.1 Å². The number of fused-ring (bicyclic) bond motifs is 1. The van der Waals surface area contributed by atoms with Gasteiger partial charge in [-0.15, -0.1) is 0 Å². The lowest BCUT2D eigenvalue weighted by molar-refractivity contribution is 0.646. The molecule has 0 unspecified atom stereocenters. The van der Waals surface area contributed by atoms with E-state index in [1.165, 1.54) is 0 Å². The van der Waals surface area contributed by atoms with Crippen LogP contribution in [0.3, 0.4) is 0 Å². The van der Waals surface area contributed by atoms with E-state index < -0.39 is 0 Å². The Kier molecular flexibility index (Phi) is 2.20. The van der Waals surface area contributed by atoms with Gasteiger partial charge in [0, 0.05) is 11.9 Å². The van der Waals surface area contributed by atoms with Crippen LogP contribution in [0.15, 0.2) is 24.4 Å². The van der Waals surface area contributed by atoms with Crippen LogP contribution < -0.4 is 5.73 Å². The Hall–Kier alpha value is -1.06. The van der Waals surface area contributed by atoms with Crippen molar-refractivity contribution in [1.82, 2.24) is 9.78 Å². The molecule has 2 N–H and O–H groups in total. The number of nitrogens with zero attached hydrogens (tertiary/aromatic N) is 2. The molecule has 0 spiro atoms. The highest BCUT2D eigenvalue weighted by Gasteiger charge is 2.03. The predicted molar refractivity (Wildman–Crippen MR) is 53.8 cm³/mol. The fourth-order valence-corrected chi connectivity index (χ4v) is 1.59. The highest BCUT2D eigenvalue weighted by molar-refractivity contribution is 6.35. The molecule has 1 aromatic heterocycles. The van der Waals surface area contributed by atoms with Crippen molar-refractivity contribution in [3.63, 3.8) is 0 Å². The molecule has 0 atom stereocenters. The van der Waals surface area contributed by atoms with E-state index in [2.05, 4.69) is 5.10 Å². The summed E-state index contributed by atoms with van der Waals surface area (Å²) in [4.78, 5) is 0. The van der Waals surface area contributed by atoms with Crippen molar-refractivity contribution >= 4 is 22.5 Å². The minimum absolute atomic E-state index is 0.587. The Bertz CT molecular complexity index is 422. The zero-order valence-electron chi connectivity index (χ0n) is 7.07. The summed E-state index contributed by atoms with van der Waals surface area (Å²) in [5, 5.41) is 5.92. The van der Waals surface area contributed by atoms with Crippen molar-refractivity contribution in [2.75, 3.05) is 6.54 Å². The molecule has 2 aromatic rings. The van der Waals surface area contributed by atoms with E-state index in [9.17, 15) is 0 Å². The summed E-state index contributed by atoms with van der Waals surface area (Å²) in [6.45, 7) is 1.31. The molecule has 2 rings (SSSR count). The van der Waals surface area contributed by atoms with Crippen LogP contribution in [-0.4, -0.2) is 16.3 Å². The number of benzene rings is 1. The molecule has 4 heteroatoms. The van der Waals surface area contributed by atoms with Crippen LogP contribution >= 0.6 is 11.6 Å². The molecule has 68 valence electrons. The molecule has 1 heterocycles. The van der Waals surface area contributed by atoms with Crippen molar-refractivity contribution in [3.8, 4) is 0 Å². The van der Waals surface area contributed by atoms with Gasteiger partial charge in [0.25, 0.3) is 0 Å². The standard InChI is InChI=1S/C9H10ClN3/c10-8-2-1-3-9-7(8)6-12-13(9)5-4-11/h1-3,6H,4-5,11H2. The van der Waals surface area contributed by atoms with Gasteiger partial charge in [0.2, 0.25) is 0 Å². The lowest BCUT2D eigenvalue weighted by atomic mass is 10.2. The fraction of sp³-hybridized carbons (Fsp3) is 0.222. The SMILES string of the molecule is NCCn1ncc2c(Cl)cccc21. The van der Waals surface area contributed by atoms with E-state index in [1.54, 1.807) is 6.20 Å². The largest absolute Gasteiger partial charge is 0.329 e. The van der Waals surface area contributed by atoms with Crippen LogP contribution in [0.1, 0.15) is 0 Å². The minimum atomic E-state index is 0.587. The molecule has 0 aliphatic rings. The first-order chi connectivity index (χ1) is 6.33. The van der Waals surface area contributed by atoms with Crippen LogP contribution in [0.2, 0.25) is 5.02 Å². The lowest BCUT2D eigenvalue weighted by Gasteiger charge is -2.00. The quantitative estimate of drug-likeness (QED) is 0.792. The van der Waals surface area contributed by atoms with E-state index >= 15 is 0 Å². The van der Waals surface area contributed by atoms with Crippen molar-refractivity contribution in [2.45, 2.75) is 6.54 Å². The minimum Gasteiger partial charge on any atom is -0.329 e. The van der Waals surface area contributed by atoms with Gasteiger partial charge in [0.15, 0.2) is 0 Å². The van der Waals surface area contributed by atoms with Crippen LogP contribution in [0.25, 0.3) is 10.9 Å². The second kappa shape index (κ2) is 3.36. The molecular formula is C9H10ClN3. The van der Waals surface area contributed by atoms with Crippen molar-refractivity contribution in [2.24, 2.45) is 5.73 Å². The molecule has 0 aliphatic heterocycles. The maximum Gasteiger partial charge on any atom is 0.0698 e. The van der Waals surface area contributed by atoms with Gasteiger partial charge in [-0.1, -0.05) is 17.7 Å². The monoisotopic (exact) mass is 195 g/mol. The Labute approximate surface area is 81.1 Å². The third-order valence-electron chi connectivity index (χ3n) is 1.98. The average molecular weight is 196 g/mol. The molecule has 0 saturated heterocycles. The first kappa shape index (κ1) is 8.53. The summed E-state index contributed by atoms with van der Waals surface area (Å²) in [5.41, 5.74) is 6.49. The molecule has 0 aliphatic carbocycles. The predicted octanol–water partition coefficient (Wildman–Crippen LogP) is 1.65. The summed E-state index contributed by atoms with van der Waals surface area (Å²) in [5.74, 6) is 0. The summed E-state index contributed by atoms with van der Waals surface area (Å²) >= 11 is 5.99. The number of aromatic nitrogens is 2. The average Bonchev–Trinajstić information content (AvgIpc) is 2.51. The highest BCUT2D eigenvalue weighted by Crippen LogP contribution is 2.22. The molecule has 3 nitrogen and oxygen atoms in total. The maximum atomic E-state index is 5.99. The molecule has 0 radical (unpaired) electrons. The first-order valence-corrected chi connectivity index (χ1v) is 4.51. The van der Waals surface area contributed by atoms with Gasteiger partial charge in [0.05, 0.1) is 23.3 Å². The van der Waals surface area contributed by atoms with Crippen LogP contribution in [0, 0.1) is 0 Å². The Morgan fingerprint density at radius 3 is 3.08 bits per heavy atom. The van der Waals surface area contributed by atoms with Gasteiger partial charge in [-0.2, -0.15) is 5.10 Å². The van der Waals surface area contributed by atoms with Crippen LogP contribution in [0.4, 0.5) is 0 Å². The van der Waals surface area contributed by atoms with E-state index in [0.29, 0.717) is 6.54 Å². The van der Waals surface area contributed by atoms with E-state index in [-0.39, 0.29) is 0 Å². The number of nitrogens with two attached hydrogens (primary N) is 1. The molecule has 13 heavy (non-hydrogen) atoms. The third kappa shape index (κ3) is 1.41. The maximum absolute atomic E-state index is 5.99. The van der Waals surface area contributed by atoms with Gasteiger partial charge < -0.3 is 5.73 Å². The van der Waals surface area contributed by atoms with Crippen molar-refractivity contribution < 1.29 is 0 Å². The van der Waals surface area contributed by atoms with Crippen molar-refractivity contribution in [3.05, 3.63) is 29.4 Å². The van der Waals surface area contributed by atoms with E-state index in [0.717, 1.165) is 22.5 Å².